The van der Waals surface area contributed by atoms with Gasteiger partial charge in [-0.25, -0.2) is 9.18 Å². The number of carbonyl (C=O) groups excluding carboxylic acids is 1. The highest BCUT2D eigenvalue weighted by molar-refractivity contribution is 6.36. The molecular weight excluding hydrogens is 201 g/mol. The minimum atomic E-state index is -0.707. The summed E-state index contributed by atoms with van der Waals surface area (Å²) in [5, 5.41) is 11.4. The molecule has 0 unspecified atom stereocenters. The van der Waals surface area contributed by atoms with Crippen molar-refractivity contribution in [1.82, 2.24) is 0 Å². The maximum absolute atomic E-state index is 12.6. The molecule has 0 spiro atoms. The molecule has 1 aromatic carbocycles. The average Bonchev–Trinajstić information content (AvgIpc) is 2.27. The van der Waals surface area contributed by atoms with Gasteiger partial charge in [0.25, 0.3) is 0 Å². The second kappa shape index (κ2) is 5.09. The molecule has 1 aromatic rings. The highest BCUT2D eigenvalue weighted by Gasteiger charge is 2.12. The summed E-state index contributed by atoms with van der Waals surface area (Å²) in [6, 6.07) is 5.54. The van der Waals surface area contributed by atoms with Crippen molar-refractivity contribution in [3.05, 3.63) is 35.6 Å². The molecule has 80 valence electrons. The normalized spacial score (nSPS) is 11.2. The van der Waals surface area contributed by atoms with Crippen LogP contribution in [0.1, 0.15) is 5.56 Å². The predicted molar refractivity (Wildman–Crippen MR) is 51.3 cm³/mol. The van der Waals surface area contributed by atoms with E-state index in [-0.39, 0.29) is 17.9 Å². The van der Waals surface area contributed by atoms with Crippen LogP contribution in [0.25, 0.3) is 0 Å². The summed E-state index contributed by atoms with van der Waals surface area (Å²) in [5.41, 5.74) is 0.540. The SMILES string of the molecule is COC(=O)/C(Cc1ccc(F)cc1)=N\O. The number of carbonyl (C=O) groups is 1. The predicted octanol–water partition coefficient (Wildman–Crippen LogP) is 1.37. The second-order valence-electron chi connectivity index (χ2n) is 2.84. The number of ether oxygens (including phenoxy) is 1. The zero-order valence-electron chi connectivity index (χ0n) is 8.11. The summed E-state index contributed by atoms with van der Waals surface area (Å²) in [7, 11) is 1.19. The molecule has 1 rings (SSSR count). The minimum absolute atomic E-state index is 0.101. The Bertz CT molecular complexity index is 373. The molecule has 0 fully saturated rings. The first-order valence-corrected chi connectivity index (χ1v) is 4.21. The van der Waals surface area contributed by atoms with Gasteiger partial charge in [-0.05, 0) is 17.7 Å². The third kappa shape index (κ3) is 3.05. The maximum atomic E-state index is 12.6. The molecule has 0 heterocycles. The zero-order valence-corrected chi connectivity index (χ0v) is 8.11. The van der Waals surface area contributed by atoms with E-state index >= 15 is 0 Å². The van der Waals surface area contributed by atoms with Gasteiger partial charge >= 0.3 is 5.97 Å². The van der Waals surface area contributed by atoms with Crippen molar-refractivity contribution in [3.8, 4) is 0 Å². The standard InChI is InChI=1S/C10H10FNO3/c1-15-10(13)9(12-14)6-7-2-4-8(11)5-3-7/h2-5,14H,6H2,1H3/b12-9-. The monoisotopic (exact) mass is 211 g/mol. The van der Waals surface area contributed by atoms with Crippen LogP contribution in [0.5, 0.6) is 0 Å². The Morgan fingerprint density at radius 3 is 2.53 bits per heavy atom. The number of methoxy groups -OCH3 is 1. The van der Waals surface area contributed by atoms with Crippen LogP contribution in [-0.2, 0) is 16.0 Å². The molecule has 0 radical (unpaired) electrons. The van der Waals surface area contributed by atoms with Crippen molar-refractivity contribution in [2.45, 2.75) is 6.42 Å². The molecule has 0 aliphatic carbocycles. The van der Waals surface area contributed by atoms with Gasteiger partial charge in [0.05, 0.1) is 7.11 Å². The van der Waals surface area contributed by atoms with Gasteiger partial charge in [0, 0.05) is 6.42 Å². The molecule has 0 aromatic heterocycles. The first kappa shape index (κ1) is 11.2. The van der Waals surface area contributed by atoms with E-state index in [9.17, 15) is 9.18 Å². The van der Waals surface area contributed by atoms with E-state index in [1.165, 1.54) is 31.4 Å². The van der Waals surface area contributed by atoms with E-state index in [4.69, 9.17) is 5.21 Å². The number of hydrogen-bond donors (Lipinski definition) is 1. The minimum Gasteiger partial charge on any atom is -0.464 e. The molecule has 0 atom stereocenters. The van der Waals surface area contributed by atoms with Crippen LogP contribution in [-0.4, -0.2) is 24.0 Å². The molecule has 0 aliphatic heterocycles. The van der Waals surface area contributed by atoms with Gasteiger partial charge in [-0.1, -0.05) is 17.3 Å². The van der Waals surface area contributed by atoms with Gasteiger partial charge in [-0.2, -0.15) is 0 Å². The van der Waals surface area contributed by atoms with E-state index in [1.807, 2.05) is 0 Å². The van der Waals surface area contributed by atoms with Crippen LogP contribution < -0.4 is 0 Å². The fourth-order valence-corrected chi connectivity index (χ4v) is 1.06. The second-order valence-corrected chi connectivity index (χ2v) is 2.84. The summed E-state index contributed by atoms with van der Waals surface area (Å²) in [6.45, 7) is 0. The van der Waals surface area contributed by atoms with E-state index in [0.717, 1.165) is 0 Å². The molecule has 0 aliphatic rings. The first-order valence-electron chi connectivity index (χ1n) is 4.21. The van der Waals surface area contributed by atoms with Crippen molar-refractivity contribution in [2.24, 2.45) is 5.16 Å². The molecule has 1 N–H and O–H groups in total. The Balaban J connectivity index is 2.76. The van der Waals surface area contributed by atoms with Gasteiger partial charge in [0.2, 0.25) is 0 Å². The van der Waals surface area contributed by atoms with Crippen LogP contribution in [0, 0.1) is 5.82 Å². The van der Waals surface area contributed by atoms with Crippen molar-refractivity contribution in [1.29, 1.82) is 0 Å². The molecule has 15 heavy (non-hydrogen) atoms. The average molecular weight is 211 g/mol. The highest BCUT2D eigenvalue weighted by Crippen LogP contribution is 2.05. The number of hydrogen-bond acceptors (Lipinski definition) is 4. The van der Waals surface area contributed by atoms with Crippen molar-refractivity contribution in [3.63, 3.8) is 0 Å². The summed E-state index contributed by atoms with van der Waals surface area (Å²) < 4.78 is 17.0. The number of halogens is 1. The lowest BCUT2D eigenvalue weighted by Gasteiger charge is -2.02. The lowest BCUT2D eigenvalue weighted by atomic mass is 10.1. The Labute approximate surface area is 86.0 Å². The quantitative estimate of drug-likeness (QED) is 0.355. The number of rotatable bonds is 3. The topological polar surface area (TPSA) is 58.9 Å². The van der Waals surface area contributed by atoms with Gasteiger partial charge in [-0.15, -0.1) is 0 Å². The molecule has 0 saturated carbocycles. The summed E-state index contributed by atoms with van der Waals surface area (Å²) in [6.07, 6.45) is 0.101. The van der Waals surface area contributed by atoms with Gasteiger partial charge in [0.1, 0.15) is 5.82 Å². The first-order chi connectivity index (χ1) is 7.17. The molecular formula is C10H10FNO3. The highest BCUT2D eigenvalue weighted by atomic mass is 19.1. The summed E-state index contributed by atoms with van der Waals surface area (Å²) in [4.78, 5) is 11.0. The molecule has 0 saturated heterocycles. The summed E-state index contributed by atoms with van der Waals surface area (Å²) >= 11 is 0. The number of nitrogens with zero attached hydrogens (tertiary/aromatic N) is 1. The van der Waals surface area contributed by atoms with Crippen LogP contribution in [0.2, 0.25) is 0 Å². The van der Waals surface area contributed by atoms with Crippen LogP contribution >= 0.6 is 0 Å². The largest absolute Gasteiger partial charge is 0.464 e. The third-order valence-electron chi connectivity index (χ3n) is 1.83. The van der Waals surface area contributed by atoms with Crippen molar-refractivity contribution >= 4 is 11.7 Å². The fourth-order valence-electron chi connectivity index (χ4n) is 1.06. The molecule has 0 bridgehead atoms. The number of oxime groups is 1. The van der Waals surface area contributed by atoms with Crippen molar-refractivity contribution < 1.29 is 19.1 Å². The van der Waals surface area contributed by atoms with Crippen LogP contribution in [0.4, 0.5) is 4.39 Å². The summed E-state index contributed by atoms with van der Waals surface area (Å²) in [5.74, 6) is -1.07. The van der Waals surface area contributed by atoms with Crippen molar-refractivity contribution in [2.75, 3.05) is 7.11 Å². The van der Waals surface area contributed by atoms with Gasteiger partial charge < -0.3 is 9.94 Å². The fraction of sp³-hybridized carbons (Fsp3) is 0.200. The van der Waals surface area contributed by atoms with Gasteiger partial charge in [-0.3, -0.25) is 0 Å². The van der Waals surface area contributed by atoms with E-state index in [0.29, 0.717) is 5.56 Å². The Morgan fingerprint density at radius 1 is 1.47 bits per heavy atom. The lowest BCUT2D eigenvalue weighted by molar-refractivity contribution is -0.132. The third-order valence-corrected chi connectivity index (χ3v) is 1.83. The number of esters is 1. The smallest absolute Gasteiger partial charge is 0.356 e. The van der Waals surface area contributed by atoms with E-state index in [2.05, 4.69) is 9.89 Å². The Morgan fingerprint density at radius 2 is 2.07 bits per heavy atom. The van der Waals surface area contributed by atoms with Crippen LogP contribution in [0.3, 0.4) is 0 Å². The van der Waals surface area contributed by atoms with E-state index < -0.39 is 5.97 Å². The molecule has 4 nitrogen and oxygen atoms in total. The molecule has 5 heteroatoms. The zero-order chi connectivity index (χ0) is 11.3. The lowest BCUT2D eigenvalue weighted by Crippen LogP contribution is -2.18. The van der Waals surface area contributed by atoms with E-state index in [1.54, 1.807) is 0 Å². The van der Waals surface area contributed by atoms with Crippen LogP contribution in [0.15, 0.2) is 29.4 Å². The maximum Gasteiger partial charge on any atom is 0.356 e. The Kier molecular flexibility index (Phi) is 3.79. The Hall–Kier alpha value is -1.91. The van der Waals surface area contributed by atoms with Gasteiger partial charge in [0.15, 0.2) is 5.71 Å². The number of benzene rings is 1. The molecule has 0 amide bonds.